The highest BCUT2D eigenvalue weighted by molar-refractivity contribution is 7.92. The third-order valence-corrected chi connectivity index (χ3v) is 10.3. The van der Waals surface area contributed by atoms with Crippen molar-refractivity contribution in [2.75, 3.05) is 11.0 Å². The largest absolute Gasteiger partial charge is 0.435 e. The Hall–Kier alpha value is -5.19. The Balaban J connectivity index is 1.39. The second-order valence-corrected chi connectivity index (χ2v) is 16.7. The highest BCUT2D eigenvalue weighted by Gasteiger charge is 2.68. The van der Waals surface area contributed by atoms with Gasteiger partial charge in [-0.3, -0.25) is 18.9 Å². The van der Waals surface area contributed by atoms with Crippen LogP contribution in [0.2, 0.25) is 5.02 Å². The van der Waals surface area contributed by atoms with E-state index in [0.29, 0.717) is 16.3 Å². The molecule has 11 nitrogen and oxygen atoms in total. The first-order valence-electron chi connectivity index (χ1n) is 17.1. The number of sulfonamides is 1. The SMILES string of the molecule is Cn1nc(NS(C)(=O)=O)c2c(Cl)ccc(-c3ccc(C#CC(C)(C)O)nc3[C@H](Cc3cc(F)cc(F)c3)NC(=O)Cn3nc(C(F)(F)F)c4c3C(F)(F)C3C[C@H]43)c21. The number of carbonyl (C=O) groups is 1. The zero-order chi connectivity index (χ0) is 41.6. The molecule has 3 heterocycles. The number of hydrogen-bond donors (Lipinski definition) is 3. The Kier molecular flexibility index (Phi) is 9.64. The zero-order valence-electron chi connectivity index (χ0n) is 30.2. The van der Waals surface area contributed by atoms with Crippen LogP contribution >= 0.6 is 11.6 Å². The number of hydrogen-bond acceptors (Lipinski definition) is 7. The summed E-state index contributed by atoms with van der Waals surface area (Å²) >= 11 is 6.55. The monoisotopic (exact) mass is 837 g/mol. The maximum atomic E-state index is 15.4. The summed E-state index contributed by atoms with van der Waals surface area (Å²) in [5.74, 6) is -3.94. The van der Waals surface area contributed by atoms with Crippen LogP contribution in [0.25, 0.3) is 22.0 Å². The summed E-state index contributed by atoms with van der Waals surface area (Å²) < 4.78 is 130. The number of pyridine rings is 1. The van der Waals surface area contributed by atoms with Gasteiger partial charge < -0.3 is 10.4 Å². The van der Waals surface area contributed by atoms with E-state index in [1.165, 1.54) is 43.8 Å². The van der Waals surface area contributed by atoms with Gasteiger partial charge in [-0.1, -0.05) is 23.6 Å². The summed E-state index contributed by atoms with van der Waals surface area (Å²) in [6, 6.07) is 7.14. The van der Waals surface area contributed by atoms with Crippen LogP contribution in [0.15, 0.2) is 42.5 Å². The van der Waals surface area contributed by atoms with Crippen molar-refractivity contribution in [2.24, 2.45) is 13.0 Å². The fourth-order valence-corrected chi connectivity index (χ4v) is 7.98. The Morgan fingerprint density at radius 3 is 2.39 bits per heavy atom. The van der Waals surface area contributed by atoms with Gasteiger partial charge in [-0.15, -0.1) is 0 Å². The molecular weight excluding hydrogens is 807 g/mol. The Bertz CT molecular complexity index is 2640. The summed E-state index contributed by atoms with van der Waals surface area (Å²) in [7, 11) is -2.35. The van der Waals surface area contributed by atoms with Crippen LogP contribution in [0.5, 0.6) is 0 Å². The molecule has 2 aliphatic rings. The summed E-state index contributed by atoms with van der Waals surface area (Å²) in [6.45, 7) is 1.73. The van der Waals surface area contributed by atoms with Crippen molar-refractivity contribution in [3.63, 3.8) is 0 Å². The van der Waals surface area contributed by atoms with E-state index in [9.17, 15) is 40.3 Å². The minimum absolute atomic E-state index is 0.00841. The van der Waals surface area contributed by atoms with Crippen molar-refractivity contribution in [3.05, 3.63) is 93.0 Å². The number of nitrogens with one attached hydrogen (secondary N) is 2. The number of fused-ring (bicyclic) bond motifs is 4. The summed E-state index contributed by atoms with van der Waals surface area (Å²) in [5, 5.41) is 20.9. The average Bonchev–Trinajstić information content (AvgIpc) is 3.61. The van der Waals surface area contributed by atoms with Crippen LogP contribution in [-0.4, -0.2) is 55.8 Å². The number of aryl methyl sites for hydroxylation is 1. The van der Waals surface area contributed by atoms with Crippen LogP contribution in [0.3, 0.4) is 0 Å². The van der Waals surface area contributed by atoms with Crippen molar-refractivity contribution >= 4 is 44.3 Å². The fourth-order valence-electron chi connectivity index (χ4n) is 7.25. The molecule has 1 unspecified atom stereocenters. The highest BCUT2D eigenvalue weighted by atomic mass is 35.5. The number of amides is 1. The normalized spacial score (nSPS) is 17.8. The topological polar surface area (TPSA) is 144 Å². The van der Waals surface area contributed by atoms with E-state index < -0.39 is 93.1 Å². The van der Waals surface area contributed by atoms with E-state index >= 15 is 8.78 Å². The number of halogens is 8. The van der Waals surface area contributed by atoms with E-state index in [1.54, 1.807) is 6.07 Å². The van der Waals surface area contributed by atoms with Gasteiger partial charge in [-0.2, -0.15) is 32.1 Å². The maximum Gasteiger partial charge on any atom is 0.435 e. The van der Waals surface area contributed by atoms with Crippen molar-refractivity contribution in [1.29, 1.82) is 0 Å². The van der Waals surface area contributed by atoms with E-state index in [0.717, 1.165) is 18.4 Å². The van der Waals surface area contributed by atoms with E-state index in [1.807, 2.05) is 0 Å². The molecule has 5 aromatic rings. The second-order valence-electron chi connectivity index (χ2n) is 14.5. The van der Waals surface area contributed by atoms with Gasteiger partial charge in [0.25, 0.3) is 5.92 Å². The number of benzene rings is 2. The van der Waals surface area contributed by atoms with Gasteiger partial charge in [0.15, 0.2) is 11.5 Å². The average molecular weight is 838 g/mol. The zero-order valence-corrected chi connectivity index (χ0v) is 31.8. The molecule has 1 amide bonds. The van der Waals surface area contributed by atoms with Gasteiger partial charge in [0.05, 0.1) is 33.9 Å². The van der Waals surface area contributed by atoms with Crippen LogP contribution in [0.4, 0.5) is 36.6 Å². The number of rotatable bonds is 9. The molecule has 0 saturated heterocycles. The van der Waals surface area contributed by atoms with Crippen LogP contribution in [-0.2, 0) is 46.9 Å². The third-order valence-electron chi connectivity index (χ3n) is 9.45. The second kappa shape index (κ2) is 13.7. The molecule has 2 aliphatic carbocycles. The first kappa shape index (κ1) is 40.0. The molecule has 3 aromatic heterocycles. The molecular formula is C37H31ClF7N7O4S. The van der Waals surface area contributed by atoms with Gasteiger partial charge in [0.2, 0.25) is 15.9 Å². The predicted octanol–water partition coefficient (Wildman–Crippen LogP) is 6.59. The minimum Gasteiger partial charge on any atom is -0.378 e. The molecule has 7 rings (SSSR count). The summed E-state index contributed by atoms with van der Waals surface area (Å²) in [4.78, 5) is 18.5. The fraction of sp³-hybridized carbons (Fsp3) is 0.351. The van der Waals surface area contributed by atoms with Crippen molar-refractivity contribution < 1.29 is 49.1 Å². The van der Waals surface area contributed by atoms with Gasteiger partial charge >= 0.3 is 6.18 Å². The van der Waals surface area contributed by atoms with Gasteiger partial charge in [-0.05, 0) is 74.4 Å². The number of anilines is 1. The molecule has 0 bridgehead atoms. The summed E-state index contributed by atoms with van der Waals surface area (Å²) in [5.41, 5.74) is -3.87. The number of aliphatic hydroxyl groups is 1. The van der Waals surface area contributed by atoms with E-state index in [4.69, 9.17) is 11.6 Å². The first-order valence-corrected chi connectivity index (χ1v) is 19.4. The lowest BCUT2D eigenvalue weighted by molar-refractivity contribution is -0.142. The highest BCUT2D eigenvalue weighted by Crippen LogP contribution is 2.68. The van der Waals surface area contributed by atoms with E-state index in [-0.39, 0.29) is 50.7 Å². The Labute approximate surface area is 325 Å². The third kappa shape index (κ3) is 7.90. The molecule has 0 aliphatic heterocycles. The predicted molar refractivity (Wildman–Crippen MR) is 194 cm³/mol. The van der Waals surface area contributed by atoms with E-state index in [2.05, 4.69) is 37.1 Å². The molecule has 3 N–H and O–H groups in total. The molecule has 3 atom stereocenters. The molecule has 300 valence electrons. The maximum absolute atomic E-state index is 15.4. The summed E-state index contributed by atoms with van der Waals surface area (Å²) in [6.07, 6.45) is -4.74. The molecule has 2 aromatic carbocycles. The van der Waals surface area contributed by atoms with Gasteiger partial charge in [0.1, 0.15) is 35.2 Å². The van der Waals surface area contributed by atoms with Crippen LogP contribution in [0, 0.1) is 29.4 Å². The molecule has 20 heteroatoms. The van der Waals surface area contributed by atoms with Crippen LogP contribution < -0.4 is 10.0 Å². The van der Waals surface area contributed by atoms with Gasteiger partial charge in [-0.25, -0.2) is 22.2 Å². The standard InChI is InChI=1S/C37H31ClF7N7O4S/c1-35(2,54)10-9-20-5-6-21(22-7-8-25(38)29-31(22)51(3)49-34(29)50-57(4,55)56)30(46-20)26(13-17-11-18(39)14-19(40)12-17)47-27(53)16-52-33-28(32(48-52)37(43,44)45)23-15-24(23)36(33,41)42/h5-8,11-12,14,23-24,26,54H,13,15-16H2,1-4H3,(H,47,53)(H,49,50)/t23-,24?,26-/m0/s1. The lowest BCUT2D eigenvalue weighted by atomic mass is 9.93. The number of alkyl halides is 5. The Morgan fingerprint density at radius 2 is 1.75 bits per heavy atom. The number of aromatic nitrogens is 5. The van der Waals surface area contributed by atoms with Crippen molar-refractivity contribution in [2.45, 2.75) is 62.9 Å². The van der Waals surface area contributed by atoms with Crippen LogP contribution in [0.1, 0.15) is 66.1 Å². The number of carbonyl (C=O) groups excluding carboxylic acids is 1. The van der Waals surface area contributed by atoms with Crippen molar-refractivity contribution in [3.8, 4) is 23.0 Å². The minimum atomic E-state index is -5.08. The molecule has 1 fully saturated rings. The lowest BCUT2D eigenvalue weighted by Crippen LogP contribution is -2.35. The number of nitrogens with zero attached hydrogens (tertiary/aromatic N) is 5. The smallest absolute Gasteiger partial charge is 0.378 e. The Morgan fingerprint density at radius 1 is 1.09 bits per heavy atom. The van der Waals surface area contributed by atoms with Gasteiger partial charge in [0, 0.05) is 35.7 Å². The molecule has 0 spiro atoms. The lowest BCUT2D eigenvalue weighted by Gasteiger charge is -2.23. The molecule has 0 radical (unpaired) electrons. The quantitative estimate of drug-likeness (QED) is 0.112. The molecule has 57 heavy (non-hydrogen) atoms. The first-order chi connectivity index (χ1) is 26.4. The van der Waals surface area contributed by atoms with Crippen molar-refractivity contribution in [1.82, 2.24) is 29.9 Å². The molecule has 1 saturated carbocycles.